The van der Waals surface area contributed by atoms with E-state index >= 15 is 0 Å². The quantitative estimate of drug-likeness (QED) is 0.171. The highest BCUT2D eigenvalue weighted by atomic mass is 14.2. The highest BCUT2D eigenvalue weighted by Crippen LogP contribution is 2.39. The highest BCUT2D eigenvalue weighted by Gasteiger charge is 2.14. The lowest BCUT2D eigenvalue weighted by atomic mass is 9.88. The molecule has 0 saturated heterocycles. The molecule has 0 aromatic heterocycles. The van der Waals surface area contributed by atoms with Crippen LogP contribution in [-0.2, 0) is 0 Å². The van der Waals surface area contributed by atoms with Gasteiger partial charge in [0.05, 0.1) is 0 Å². The van der Waals surface area contributed by atoms with Gasteiger partial charge in [-0.05, 0) is 66.3 Å². The van der Waals surface area contributed by atoms with E-state index in [4.69, 9.17) is 0 Å². The normalized spacial score (nSPS) is 11.1. The SMILES string of the molecule is C(#Cc1c2ccccc2c(-c2ccc3ccccc3c2)c2ccccc12)c1cccc2ccccc12. The van der Waals surface area contributed by atoms with E-state index in [0.717, 1.165) is 11.1 Å². The van der Waals surface area contributed by atoms with Crippen molar-refractivity contribution in [2.45, 2.75) is 0 Å². The molecule has 0 radical (unpaired) electrons. The van der Waals surface area contributed by atoms with Gasteiger partial charge in [0.25, 0.3) is 0 Å². The van der Waals surface area contributed by atoms with E-state index < -0.39 is 0 Å². The predicted octanol–water partition coefficient (Wildman–Crippen LogP) is 9.37. The summed E-state index contributed by atoms with van der Waals surface area (Å²) in [7, 11) is 0. The van der Waals surface area contributed by atoms with Crippen molar-refractivity contribution in [2.24, 2.45) is 0 Å². The Morgan fingerprint density at radius 1 is 0.361 bits per heavy atom. The third kappa shape index (κ3) is 3.34. The molecule has 166 valence electrons. The van der Waals surface area contributed by atoms with E-state index in [-0.39, 0.29) is 0 Å². The Hall–Kier alpha value is -4.86. The minimum atomic E-state index is 1.06. The minimum absolute atomic E-state index is 1.06. The van der Waals surface area contributed by atoms with Gasteiger partial charge in [-0.3, -0.25) is 0 Å². The van der Waals surface area contributed by atoms with Crippen LogP contribution in [0, 0.1) is 11.8 Å². The molecule has 0 saturated carbocycles. The smallest absolute Gasteiger partial charge is 0.0406 e. The van der Waals surface area contributed by atoms with E-state index in [1.807, 2.05) is 0 Å². The van der Waals surface area contributed by atoms with Crippen LogP contribution in [-0.4, -0.2) is 0 Å². The largest absolute Gasteiger partial charge is 0.0616 e. The number of hydrogen-bond acceptors (Lipinski definition) is 0. The van der Waals surface area contributed by atoms with Crippen LogP contribution in [0.2, 0.25) is 0 Å². The fraction of sp³-hybridized carbons (Fsp3) is 0. The summed E-state index contributed by atoms with van der Waals surface area (Å²) in [5.74, 6) is 7.12. The van der Waals surface area contributed by atoms with Gasteiger partial charge in [-0.25, -0.2) is 0 Å². The second-order valence-electron chi connectivity index (χ2n) is 9.18. The molecule has 0 unspecified atom stereocenters. The first-order valence-electron chi connectivity index (χ1n) is 12.3. The lowest BCUT2D eigenvalue weighted by Crippen LogP contribution is -1.91. The molecule has 0 bridgehead atoms. The monoisotopic (exact) mass is 454 g/mol. The van der Waals surface area contributed by atoms with Crippen molar-refractivity contribution in [3.63, 3.8) is 0 Å². The summed E-state index contributed by atoms with van der Waals surface area (Å²) >= 11 is 0. The number of hydrogen-bond donors (Lipinski definition) is 0. The maximum absolute atomic E-state index is 3.60. The Bertz CT molecular complexity index is 1930. The summed E-state index contributed by atoms with van der Waals surface area (Å²) in [6.07, 6.45) is 0. The van der Waals surface area contributed by atoms with Crippen molar-refractivity contribution in [1.82, 2.24) is 0 Å². The summed E-state index contributed by atoms with van der Waals surface area (Å²) in [6.45, 7) is 0. The van der Waals surface area contributed by atoms with Crippen molar-refractivity contribution in [2.75, 3.05) is 0 Å². The second-order valence-corrected chi connectivity index (χ2v) is 9.18. The molecule has 7 aromatic rings. The average molecular weight is 455 g/mol. The van der Waals surface area contributed by atoms with Crippen LogP contribution in [0.5, 0.6) is 0 Å². The molecule has 7 rings (SSSR count). The predicted molar refractivity (Wildman–Crippen MR) is 154 cm³/mol. The third-order valence-electron chi connectivity index (χ3n) is 7.08. The summed E-state index contributed by atoms with van der Waals surface area (Å²) in [5.41, 5.74) is 4.64. The first-order valence-corrected chi connectivity index (χ1v) is 12.3. The zero-order valence-corrected chi connectivity index (χ0v) is 19.7. The molecule has 36 heavy (non-hydrogen) atoms. The molecule has 0 heteroatoms. The molecule has 7 aromatic carbocycles. The van der Waals surface area contributed by atoms with E-state index in [9.17, 15) is 0 Å². The number of fused-ring (bicyclic) bond motifs is 4. The van der Waals surface area contributed by atoms with E-state index in [1.54, 1.807) is 0 Å². The molecule has 0 heterocycles. The zero-order valence-electron chi connectivity index (χ0n) is 19.7. The fourth-order valence-electron chi connectivity index (χ4n) is 5.38. The van der Waals surface area contributed by atoms with Crippen LogP contribution in [0.4, 0.5) is 0 Å². The van der Waals surface area contributed by atoms with Gasteiger partial charge in [-0.2, -0.15) is 0 Å². The van der Waals surface area contributed by atoms with Crippen LogP contribution in [0.3, 0.4) is 0 Å². The maximum atomic E-state index is 3.60. The van der Waals surface area contributed by atoms with Crippen molar-refractivity contribution in [3.05, 3.63) is 145 Å². The molecule has 0 aliphatic heterocycles. The van der Waals surface area contributed by atoms with E-state index in [0.29, 0.717) is 0 Å². The Morgan fingerprint density at radius 3 is 1.64 bits per heavy atom. The third-order valence-corrected chi connectivity index (χ3v) is 7.08. The van der Waals surface area contributed by atoms with Gasteiger partial charge in [0.1, 0.15) is 0 Å². The average Bonchev–Trinajstić information content (AvgIpc) is 2.95. The Kier molecular flexibility index (Phi) is 4.80. The first-order chi connectivity index (χ1) is 17.9. The van der Waals surface area contributed by atoms with Gasteiger partial charge in [0, 0.05) is 11.1 Å². The van der Waals surface area contributed by atoms with Gasteiger partial charge in [-0.15, -0.1) is 0 Å². The molecule has 0 amide bonds. The van der Waals surface area contributed by atoms with Crippen molar-refractivity contribution in [1.29, 1.82) is 0 Å². The Labute approximate surface area is 210 Å². The minimum Gasteiger partial charge on any atom is -0.0616 e. The van der Waals surface area contributed by atoms with Crippen LogP contribution in [0.25, 0.3) is 54.2 Å². The molecule has 0 aliphatic carbocycles. The summed E-state index contributed by atoms with van der Waals surface area (Å²) in [4.78, 5) is 0. The molecule has 0 spiro atoms. The van der Waals surface area contributed by atoms with Gasteiger partial charge in [0.2, 0.25) is 0 Å². The van der Waals surface area contributed by atoms with Gasteiger partial charge >= 0.3 is 0 Å². The van der Waals surface area contributed by atoms with Crippen molar-refractivity contribution >= 4 is 43.1 Å². The molecule has 0 fully saturated rings. The van der Waals surface area contributed by atoms with Gasteiger partial charge < -0.3 is 0 Å². The fourth-order valence-corrected chi connectivity index (χ4v) is 5.38. The maximum Gasteiger partial charge on any atom is 0.0406 e. The molecule has 0 atom stereocenters. The lowest BCUT2D eigenvalue weighted by Gasteiger charge is -2.15. The molecule has 0 nitrogen and oxygen atoms in total. The van der Waals surface area contributed by atoms with Crippen LogP contribution in [0.15, 0.2) is 133 Å². The molecular formula is C36H22. The second kappa shape index (κ2) is 8.42. The van der Waals surface area contributed by atoms with Gasteiger partial charge in [-0.1, -0.05) is 133 Å². The summed E-state index contributed by atoms with van der Waals surface area (Å²) in [5, 5.41) is 9.75. The van der Waals surface area contributed by atoms with Crippen LogP contribution < -0.4 is 0 Å². The van der Waals surface area contributed by atoms with Crippen LogP contribution >= 0.6 is 0 Å². The number of benzene rings is 7. The first kappa shape index (κ1) is 20.5. The highest BCUT2D eigenvalue weighted by molar-refractivity contribution is 6.17. The van der Waals surface area contributed by atoms with Crippen LogP contribution in [0.1, 0.15) is 11.1 Å². The van der Waals surface area contributed by atoms with Crippen molar-refractivity contribution < 1.29 is 0 Å². The van der Waals surface area contributed by atoms with E-state index in [1.165, 1.54) is 54.2 Å². The lowest BCUT2D eigenvalue weighted by molar-refractivity contribution is 1.68. The Morgan fingerprint density at radius 2 is 0.917 bits per heavy atom. The summed E-state index contributed by atoms with van der Waals surface area (Å²) < 4.78 is 0. The molecule has 0 aliphatic rings. The standard InChI is InChI=1S/C36H22/c1-2-12-28-24-29(21-20-25(28)10-1)36-34-18-7-5-16-31(34)33(32-17-6-8-19-35(32)36)23-22-27-14-9-13-26-11-3-4-15-30(26)27/h1-21,24H. The zero-order chi connectivity index (χ0) is 23.9. The van der Waals surface area contributed by atoms with E-state index in [2.05, 4.69) is 145 Å². The Balaban J connectivity index is 1.53. The van der Waals surface area contributed by atoms with Crippen molar-refractivity contribution in [3.8, 4) is 23.0 Å². The molecular weight excluding hydrogens is 432 g/mol. The summed E-state index contributed by atoms with van der Waals surface area (Å²) in [6, 6.07) is 47.5. The topological polar surface area (TPSA) is 0 Å². The number of rotatable bonds is 1. The molecule has 0 N–H and O–H groups in total. The van der Waals surface area contributed by atoms with Gasteiger partial charge in [0.15, 0.2) is 0 Å².